The van der Waals surface area contributed by atoms with E-state index in [4.69, 9.17) is 14.5 Å². The van der Waals surface area contributed by atoms with E-state index in [1.807, 2.05) is 52.2 Å². The van der Waals surface area contributed by atoms with E-state index in [1.165, 1.54) is 11.8 Å². The summed E-state index contributed by atoms with van der Waals surface area (Å²) in [5.41, 5.74) is 2.46. The number of thiazole rings is 1. The van der Waals surface area contributed by atoms with Crippen molar-refractivity contribution in [3.8, 4) is 22.1 Å². The minimum atomic E-state index is -0.108. The smallest absolute Gasteiger partial charge is 0.263 e. The van der Waals surface area contributed by atoms with Crippen LogP contribution in [0, 0.1) is 0 Å². The second kappa shape index (κ2) is 9.32. The van der Waals surface area contributed by atoms with Crippen molar-refractivity contribution in [2.45, 2.75) is 17.5 Å². The number of allylic oxidation sites excluding steroid dienone is 1. The summed E-state index contributed by atoms with van der Waals surface area (Å²) in [5, 5.41) is 12.9. The molecule has 3 aromatic heterocycles. The summed E-state index contributed by atoms with van der Waals surface area (Å²) >= 11 is 3.07. The maximum Gasteiger partial charge on any atom is 0.263 e. The summed E-state index contributed by atoms with van der Waals surface area (Å²) in [6.45, 7) is 4.13. The molecule has 2 aromatic carbocycles. The predicted octanol–water partition coefficient (Wildman–Crippen LogP) is 4.66. The Labute approximate surface area is 203 Å². The van der Waals surface area contributed by atoms with Crippen molar-refractivity contribution in [1.82, 2.24) is 24.1 Å². The van der Waals surface area contributed by atoms with E-state index in [0.29, 0.717) is 40.1 Å². The topological polar surface area (TPSA) is 83.5 Å². The van der Waals surface area contributed by atoms with E-state index >= 15 is 0 Å². The van der Waals surface area contributed by atoms with E-state index in [2.05, 4.69) is 16.8 Å². The molecule has 3 heterocycles. The Morgan fingerprint density at radius 3 is 2.76 bits per heavy atom. The molecule has 0 saturated heterocycles. The first-order valence-electron chi connectivity index (χ1n) is 10.4. The monoisotopic (exact) mass is 491 g/mol. The highest BCUT2D eigenvalue weighted by Gasteiger charge is 2.18. The van der Waals surface area contributed by atoms with Gasteiger partial charge in [0.05, 0.1) is 36.4 Å². The van der Waals surface area contributed by atoms with Crippen LogP contribution in [0.1, 0.15) is 5.69 Å². The van der Waals surface area contributed by atoms with Crippen LogP contribution in [0.15, 0.2) is 70.5 Å². The Morgan fingerprint density at radius 2 is 1.97 bits per heavy atom. The molecule has 0 radical (unpaired) electrons. The number of benzene rings is 2. The lowest BCUT2D eigenvalue weighted by molar-refractivity contribution is 0.356. The SMILES string of the molecule is C=CCn1c(=O)c2ccccc2n2c(SCc3csc(-c4cccc(OC)c4OC)n3)nnc12. The number of fused-ring (bicyclic) bond motifs is 3. The van der Waals surface area contributed by atoms with Crippen LogP contribution in [0.5, 0.6) is 11.5 Å². The minimum absolute atomic E-state index is 0.108. The van der Waals surface area contributed by atoms with Gasteiger partial charge in [-0.2, -0.15) is 0 Å². The van der Waals surface area contributed by atoms with E-state index in [9.17, 15) is 4.79 Å². The molecule has 0 aliphatic heterocycles. The number of hydrogen-bond acceptors (Lipinski definition) is 8. The number of nitrogens with zero attached hydrogens (tertiary/aromatic N) is 5. The van der Waals surface area contributed by atoms with Gasteiger partial charge < -0.3 is 9.47 Å². The molecular weight excluding hydrogens is 470 g/mol. The summed E-state index contributed by atoms with van der Waals surface area (Å²) in [6, 6.07) is 13.2. The average molecular weight is 492 g/mol. The van der Waals surface area contributed by atoms with Crippen molar-refractivity contribution in [1.29, 1.82) is 0 Å². The number of methoxy groups -OCH3 is 2. The lowest BCUT2D eigenvalue weighted by atomic mass is 10.2. The molecule has 0 saturated carbocycles. The highest BCUT2D eigenvalue weighted by atomic mass is 32.2. The fraction of sp³-hybridized carbons (Fsp3) is 0.167. The molecule has 0 atom stereocenters. The number of para-hydroxylation sites is 2. The number of aromatic nitrogens is 5. The molecule has 0 bridgehead atoms. The summed E-state index contributed by atoms with van der Waals surface area (Å²) in [5.74, 6) is 2.41. The van der Waals surface area contributed by atoms with Crippen molar-refractivity contribution in [2.24, 2.45) is 0 Å². The maximum atomic E-state index is 13.0. The average Bonchev–Trinajstić information content (AvgIpc) is 3.52. The third-order valence-electron chi connectivity index (χ3n) is 5.32. The lowest BCUT2D eigenvalue weighted by Crippen LogP contribution is -2.22. The highest BCUT2D eigenvalue weighted by molar-refractivity contribution is 7.98. The zero-order valence-electron chi connectivity index (χ0n) is 18.6. The Balaban J connectivity index is 1.49. The molecule has 0 aliphatic rings. The van der Waals surface area contributed by atoms with Crippen LogP contribution in [0.4, 0.5) is 0 Å². The molecule has 0 unspecified atom stereocenters. The van der Waals surface area contributed by atoms with Gasteiger partial charge >= 0.3 is 0 Å². The molecule has 8 nitrogen and oxygen atoms in total. The second-order valence-corrected chi connectivity index (χ2v) is 9.11. The first kappa shape index (κ1) is 22.2. The largest absolute Gasteiger partial charge is 0.493 e. The van der Waals surface area contributed by atoms with Crippen molar-refractivity contribution < 1.29 is 9.47 Å². The zero-order chi connectivity index (χ0) is 23.7. The van der Waals surface area contributed by atoms with E-state index in [1.54, 1.807) is 36.2 Å². The van der Waals surface area contributed by atoms with Gasteiger partial charge in [-0.25, -0.2) is 4.98 Å². The van der Waals surface area contributed by atoms with Crippen molar-refractivity contribution in [2.75, 3.05) is 14.2 Å². The number of ether oxygens (including phenoxy) is 2. The third kappa shape index (κ3) is 3.74. The first-order valence-corrected chi connectivity index (χ1v) is 12.3. The van der Waals surface area contributed by atoms with Gasteiger partial charge in [-0.05, 0) is 24.3 Å². The molecule has 34 heavy (non-hydrogen) atoms. The Bertz CT molecular complexity index is 1570. The minimum Gasteiger partial charge on any atom is -0.493 e. The molecule has 0 aliphatic carbocycles. The van der Waals surface area contributed by atoms with Crippen LogP contribution in [0.3, 0.4) is 0 Å². The van der Waals surface area contributed by atoms with Gasteiger partial charge in [0.25, 0.3) is 5.56 Å². The molecule has 0 spiro atoms. The highest BCUT2D eigenvalue weighted by Crippen LogP contribution is 2.39. The second-order valence-electron chi connectivity index (χ2n) is 7.31. The van der Waals surface area contributed by atoms with E-state index in [-0.39, 0.29) is 5.56 Å². The molecule has 0 amide bonds. The van der Waals surface area contributed by atoms with Crippen LogP contribution < -0.4 is 15.0 Å². The predicted molar refractivity (Wildman–Crippen MR) is 135 cm³/mol. The fourth-order valence-corrected chi connectivity index (χ4v) is 5.59. The molecule has 10 heteroatoms. The van der Waals surface area contributed by atoms with Crippen molar-refractivity contribution in [3.63, 3.8) is 0 Å². The summed E-state index contributed by atoms with van der Waals surface area (Å²) in [7, 11) is 3.24. The van der Waals surface area contributed by atoms with Crippen LogP contribution in [-0.2, 0) is 12.3 Å². The molecule has 5 rings (SSSR count). The van der Waals surface area contributed by atoms with Crippen molar-refractivity contribution in [3.05, 3.63) is 76.5 Å². The first-order chi connectivity index (χ1) is 16.7. The standard InChI is InChI=1S/C24H21N5O3S2/c1-4-12-28-22(30)16-8-5-6-10-18(16)29-23(28)26-27-24(29)34-14-15-13-33-21(25-15)17-9-7-11-19(31-2)20(17)32-3/h4-11,13H,1,12,14H2,2-3H3. The van der Waals surface area contributed by atoms with E-state index < -0.39 is 0 Å². The van der Waals surface area contributed by atoms with Gasteiger partial charge in [0.15, 0.2) is 16.7 Å². The Hall–Kier alpha value is -3.63. The van der Waals surface area contributed by atoms with Gasteiger partial charge in [0.1, 0.15) is 5.01 Å². The summed E-state index contributed by atoms with van der Waals surface area (Å²) < 4.78 is 14.5. The van der Waals surface area contributed by atoms with Crippen LogP contribution >= 0.6 is 23.1 Å². The Kier molecular flexibility index (Phi) is 6.08. The zero-order valence-corrected chi connectivity index (χ0v) is 20.2. The molecule has 5 aromatic rings. The third-order valence-corrected chi connectivity index (χ3v) is 7.21. The van der Waals surface area contributed by atoms with Gasteiger partial charge in [0, 0.05) is 17.7 Å². The number of hydrogen-bond donors (Lipinski definition) is 0. The van der Waals surface area contributed by atoms with Crippen LogP contribution in [0.25, 0.3) is 27.3 Å². The molecule has 172 valence electrons. The Morgan fingerprint density at radius 1 is 1.12 bits per heavy atom. The van der Waals surface area contributed by atoms with Gasteiger partial charge in [0.2, 0.25) is 5.78 Å². The van der Waals surface area contributed by atoms with Crippen LogP contribution in [-0.4, -0.2) is 38.4 Å². The van der Waals surface area contributed by atoms with E-state index in [0.717, 1.165) is 21.8 Å². The molecule has 0 fully saturated rings. The van der Waals surface area contributed by atoms with Gasteiger partial charge in [-0.15, -0.1) is 28.1 Å². The molecule has 0 N–H and O–H groups in total. The number of thioether (sulfide) groups is 1. The summed E-state index contributed by atoms with van der Waals surface area (Å²) in [6.07, 6.45) is 1.68. The van der Waals surface area contributed by atoms with Crippen molar-refractivity contribution >= 4 is 39.8 Å². The fourth-order valence-electron chi connectivity index (χ4n) is 3.81. The summed E-state index contributed by atoms with van der Waals surface area (Å²) in [4.78, 5) is 17.8. The lowest BCUT2D eigenvalue weighted by Gasteiger charge is -2.10. The van der Waals surface area contributed by atoms with Gasteiger partial charge in [-0.3, -0.25) is 13.8 Å². The number of rotatable bonds is 8. The van der Waals surface area contributed by atoms with Crippen LogP contribution in [0.2, 0.25) is 0 Å². The van der Waals surface area contributed by atoms with Gasteiger partial charge in [-0.1, -0.05) is 36.0 Å². The quantitative estimate of drug-likeness (QED) is 0.231. The normalized spacial score (nSPS) is 11.2. The maximum absolute atomic E-state index is 13.0. The molecular formula is C24H21N5O3S2.